The molecule has 2 amide bonds. The number of amides is 2. The molecule has 1 aliphatic rings. The number of nitrogens with zero attached hydrogens (tertiary/aromatic N) is 2. The Hall–Kier alpha value is -1.30. The first-order valence-electron chi connectivity index (χ1n) is 7.21. The van der Waals surface area contributed by atoms with Crippen LogP contribution in [-0.2, 0) is 4.79 Å². The number of carbonyl (C=O) groups excluding carboxylic acids is 1. The van der Waals surface area contributed by atoms with Gasteiger partial charge >= 0.3 is 12.0 Å². The van der Waals surface area contributed by atoms with Crippen LogP contribution in [0.5, 0.6) is 0 Å². The maximum absolute atomic E-state index is 12.0. The van der Waals surface area contributed by atoms with E-state index < -0.39 is 11.9 Å². The summed E-state index contributed by atoms with van der Waals surface area (Å²) in [6.07, 6.45) is 3.92. The van der Waals surface area contributed by atoms with Crippen molar-refractivity contribution in [3.63, 3.8) is 0 Å². The fraction of sp³-hybridized carbons (Fsp3) is 0.857. The van der Waals surface area contributed by atoms with Crippen LogP contribution in [0.3, 0.4) is 0 Å². The first-order valence-corrected chi connectivity index (χ1v) is 7.21. The fourth-order valence-corrected chi connectivity index (χ4v) is 2.60. The Kier molecular flexibility index (Phi) is 5.80. The second kappa shape index (κ2) is 6.92. The number of aliphatic carboxylic acids is 1. The van der Waals surface area contributed by atoms with Gasteiger partial charge in [-0.15, -0.1) is 0 Å². The summed E-state index contributed by atoms with van der Waals surface area (Å²) >= 11 is 0. The van der Waals surface area contributed by atoms with E-state index >= 15 is 0 Å². The number of carboxylic acids is 1. The number of rotatable bonds is 7. The number of urea groups is 1. The van der Waals surface area contributed by atoms with E-state index in [1.807, 2.05) is 21.0 Å². The van der Waals surface area contributed by atoms with Crippen molar-refractivity contribution in [2.24, 2.45) is 5.92 Å². The Morgan fingerprint density at radius 2 is 1.90 bits per heavy atom. The fourth-order valence-electron chi connectivity index (χ4n) is 2.60. The van der Waals surface area contributed by atoms with E-state index in [0.717, 1.165) is 12.8 Å². The van der Waals surface area contributed by atoms with E-state index in [1.165, 1.54) is 6.42 Å². The lowest BCUT2D eigenvalue weighted by Gasteiger charge is -2.49. The second-order valence-corrected chi connectivity index (χ2v) is 5.96. The minimum Gasteiger partial charge on any atom is -0.481 e. The van der Waals surface area contributed by atoms with Crippen LogP contribution in [-0.4, -0.2) is 66.7 Å². The van der Waals surface area contributed by atoms with Crippen LogP contribution in [0.4, 0.5) is 4.79 Å². The predicted octanol–water partition coefficient (Wildman–Crippen LogP) is 1.22. The number of carboxylic acid groups (broad SMARTS) is 1. The maximum atomic E-state index is 12.0. The van der Waals surface area contributed by atoms with Gasteiger partial charge in [0.25, 0.3) is 0 Å². The summed E-state index contributed by atoms with van der Waals surface area (Å²) in [5.74, 6) is -1.38. The third-order valence-corrected chi connectivity index (χ3v) is 4.45. The van der Waals surface area contributed by atoms with Gasteiger partial charge in [0.1, 0.15) is 0 Å². The average Bonchev–Trinajstić information content (AvgIpc) is 2.32. The van der Waals surface area contributed by atoms with Crippen molar-refractivity contribution in [3.8, 4) is 0 Å². The van der Waals surface area contributed by atoms with E-state index in [1.54, 1.807) is 11.9 Å². The Morgan fingerprint density at radius 1 is 1.30 bits per heavy atom. The van der Waals surface area contributed by atoms with Crippen molar-refractivity contribution < 1.29 is 14.7 Å². The molecule has 0 saturated heterocycles. The Bertz CT molecular complexity index is 354. The lowest BCUT2D eigenvalue weighted by molar-refractivity contribution is -0.141. The molecular weight excluding hydrogens is 258 g/mol. The predicted molar refractivity (Wildman–Crippen MR) is 77.7 cm³/mol. The molecule has 1 atom stereocenters. The highest BCUT2D eigenvalue weighted by Crippen LogP contribution is 2.36. The molecule has 6 heteroatoms. The first-order chi connectivity index (χ1) is 9.32. The zero-order chi connectivity index (χ0) is 15.3. The van der Waals surface area contributed by atoms with Crippen LogP contribution in [0.2, 0.25) is 0 Å². The third kappa shape index (κ3) is 3.85. The second-order valence-electron chi connectivity index (χ2n) is 5.96. The van der Waals surface area contributed by atoms with Crippen LogP contribution in [0.15, 0.2) is 0 Å². The van der Waals surface area contributed by atoms with Crippen molar-refractivity contribution in [3.05, 3.63) is 0 Å². The number of nitrogens with one attached hydrogen (secondary N) is 1. The molecule has 0 heterocycles. The van der Waals surface area contributed by atoms with Gasteiger partial charge in [0.05, 0.1) is 5.92 Å². The molecule has 6 nitrogen and oxygen atoms in total. The third-order valence-electron chi connectivity index (χ3n) is 4.45. The lowest BCUT2D eigenvalue weighted by Crippen LogP contribution is -2.58. The van der Waals surface area contributed by atoms with Gasteiger partial charge in [0.15, 0.2) is 0 Å². The van der Waals surface area contributed by atoms with Crippen molar-refractivity contribution >= 4 is 12.0 Å². The molecule has 1 rings (SSSR count). The summed E-state index contributed by atoms with van der Waals surface area (Å²) < 4.78 is 0. The molecule has 1 saturated carbocycles. The Morgan fingerprint density at radius 3 is 2.25 bits per heavy atom. The van der Waals surface area contributed by atoms with Gasteiger partial charge in [-0.2, -0.15) is 0 Å². The number of carbonyl (C=O) groups is 2. The summed E-state index contributed by atoms with van der Waals surface area (Å²) in [5.41, 5.74) is 0.0864. The number of hydrogen-bond donors (Lipinski definition) is 2. The summed E-state index contributed by atoms with van der Waals surface area (Å²) in [6, 6.07) is -0.196. The zero-order valence-corrected chi connectivity index (χ0v) is 13.0. The summed E-state index contributed by atoms with van der Waals surface area (Å²) in [6.45, 7) is 2.67. The standard InChI is InChI=1S/C14H27N3O3/c1-5-11(12(18)19)9-15-13(20)17(4)10-14(16(2)3)7-6-8-14/h11H,5-10H2,1-4H3,(H,15,20)(H,18,19). The SMILES string of the molecule is CCC(CNC(=O)N(C)CC1(N(C)C)CCC1)C(=O)O. The van der Waals surface area contributed by atoms with Crippen molar-refractivity contribution in [2.45, 2.75) is 38.1 Å². The highest BCUT2D eigenvalue weighted by Gasteiger charge is 2.40. The van der Waals surface area contributed by atoms with E-state index in [9.17, 15) is 9.59 Å². The molecule has 116 valence electrons. The molecule has 1 unspecified atom stereocenters. The van der Waals surface area contributed by atoms with Crippen LogP contribution in [0.1, 0.15) is 32.6 Å². The van der Waals surface area contributed by atoms with Gasteiger partial charge in [-0.3, -0.25) is 4.79 Å². The molecule has 0 radical (unpaired) electrons. The Labute approximate surface area is 121 Å². The van der Waals surface area contributed by atoms with Crippen molar-refractivity contribution in [1.29, 1.82) is 0 Å². The smallest absolute Gasteiger partial charge is 0.317 e. The molecule has 0 aromatic carbocycles. The summed E-state index contributed by atoms with van der Waals surface area (Å²) in [4.78, 5) is 26.8. The largest absolute Gasteiger partial charge is 0.481 e. The van der Waals surface area contributed by atoms with Crippen LogP contribution in [0.25, 0.3) is 0 Å². The first kappa shape index (κ1) is 16.8. The van der Waals surface area contributed by atoms with Gasteiger partial charge < -0.3 is 20.2 Å². The van der Waals surface area contributed by atoms with Crippen molar-refractivity contribution in [2.75, 3.05) is 34.2 Å². The van der Waals surface area contributed by atoms with E-state index in [2.05, 4.69) is 10.2 Å². The topological polar surface area (TPSA) is 72.9 Å². The summed E-state index contributed by atoms with van der Waals surface area (Å²) in [7, 11) is 5.85. The summed E-state index contributed by atoms with van der Waals surface area (Å²) in [5, 5.41) is 11.7. The minimum absolute atomic E-state index is 0.0864. The minimum atomic E-state index is -0.862. The molecule has 1 fully saturated rings. The quantitative estimate of drug-likeness (QED) is 0.738. The highest BCUT2D eigenvalue weighted by atomic mass is 16.4. The van der Waals surface area contributed by atoms with Gasteiger partial charge in [0, 0.05) is 25.7 Å². The van der Waals surface area contributed by atoms with E-state index in [-0.39, 0.29) is 18.1 Å². The molecule has 0 aromatic rings. The normalized spacial score (nSPS) is 18.2. The Balaban J connectivity index is 2.45. The maximum Gasteiger partial charge on any atom is 0.317 e. The number of hydrogen-bond acceptors (Lipinski definition) is 3. The van der Waals surface area contributed by atoms with Gasteiger partial charge in [-0.1, -0.05) is 6.92 Å². The average molecular weight is 285 g/mol. The lowest BCUT2D eigenvalue weighted by atomic mass is 9.75. The molecule has 2 N–H and O–H groups in total. The van der Waals surface area contributed by atoms with E-state index in [0.29, 0.717) is 13.0 Å². The van der Waals surface area contributed by atoms with Crippen LogP contribution < -0.4 is 5.32 Å². The zero-order valence-electron chi connectivity index (χ0n) is 13.0. The molecule has 1 aliphatic carbocycles. The van der Waals surface area contributed by atoms with Crippen LogP contribution >= 0.6 is 0 Å². The van der Waals surface area contributed by atoms with Crippen molar-refractivity contribution in [1.82, 2.24) is 15.1 Å². The van der Waals surface area contributed by atoms with Gasteiger partial charge in [-0.05, 0) is 39.8 Å². The highest BCUT2D eigenvalue weighted by molar-refractivity contribution is 5.75. The monoisotopic (exact) mass is 285 g/mol. The molecule has 0 bridgehead atoms. The molecular formula is C14H27N3O3. The molecule has 20 heavy (non-hydrogen) atoms. The number of likely N-dealkylation sites (N-methyl/N-ethyl adjacent to an activating group) is 2. The molecule has 0 aliphatic heterocycles. The van der Waals surface area contributed by atoms with Crippen LogP contribution in [0, 0.1) is 5.92 Å². The van der Waals surface area contributed by atoms with E-state index in [4.69, 9.17) is 5.11 Å². The molecule has 0 spiro atoms. The van der Waals surface area contributed by atoms with Gasteiger partial charge in [0.2, 0.25) is 0 Å². The van der Waals surface area contributed by atoms with Gasteiger partial charge in [-0.25, -0.2) is 4.79 Å². The molecule has 0 aromatic heterocycles.